The van der Waals surface area contributed by atoms with Crippen molar-refractivity contribution in [3.05, 3.63) is 71.8 Å². The Kier molecular flexibility index (Phi) is 5.96. The molecule has 2 aromatic heterocycles. The molecule has 1 aromatic carbocycles. The van der Waals surface area contributed by atoms with Crippen molar-refractivity contribution >= 4 is 0 Å². The molecular formula is C21H28N6. The fourth-order valence-corrected chi connectivity index (χ4v) is 3.17. The molecule has 0 aliphatic heterocycles. The summed E-state index contributed by atoms with van der Waals surface area (Å²) in [6.07, 6.45) is 2.77. The molecule has 0 amide bonds. The number of nitrogens with zero attached hydrogens (tertiary/aromatic N) is 6. The van der Waals surface area contributed by atoms with Gasteiger partial charge in [0.05, 0.1) is 11.2 Å². The predicted octanol–water partition coefficient (Wildman–Crippen LogP) is 3.82. The highest BCUT2D eigenvalue weighted by Crippen LogP contribution is 2.30. The van der Waals surface area contributed by atoms with Crippen molar-refractivity contribution in [3.8, 4) is 0 Å². The highest BCUT2D eigenvalue weighted by molar-refractivity contribution is 5.20. The molecule has 0 bridgehead atoms. The Bertz CT molecular complexity index is 828. The smallest absolute Gasteiger partial charge is 0.175 e. The minimum atomic E-state index is -0.169. The van der Waals surface area contributed by atoms with E-state index >= 15 is 0 Å². The van der Waals surface area contributed by atoms with Gasteiger partial charge in [0.1, 0.15) is 6.04 Å². The predicted molar refractivity (Wildman–Crippen MR) is 106 cm³/mol. The quantitative estimate of drug-likeness (QED) is 0.608. The molecule has 0 aliphatic rings. The van der Waals surface area contributed by atoms with E-state index in [1.54, 1.807) is 0 Å². The van der Waals surface area contributed by atoms with Crippen LogP contribution in [0.3, 0.4) is 0 Å². The van der Waals surface area contributed by atoms with Crippen LogP contribution < -0.4 is 0 Å². The van der Waals surface area contributed by atoms with Crippen LogP contribution in [0.5, 0.6) is 0 Å². The molecular weight excluding hydrogens is 336 g/mol. The molecule has 6 heteroatoms. The number of aromatic nitrogens is 5. The first-order chi connectivity index (χ1) is 13.1. The van der Waals surface area contributed by atoms with Crippen LogP contribution in [0.1, 0.15) is 57.2 Å². The number of pyridine rings is 1. The standard InChI is InChI=1S/C21H28N6/c1-5-21(3,4)27-20(23-24-25-27)19(18-14-10-11-15-22-18)26(6-2)16-17-12-8-7-9-13-17/h7-15,19H,5-6,16H2,1-4H3/t19-/m1/s1. The van der Waals surface area contributed by atoms with Gasteiger partial charge in [0.2, 0.25) is 0 Å². The number of hydrogen-bond donors (Lipinski definition) is 0. The van der Waals surface area contributed by atoms with Gasteiger partial charge in [0.15, 0.2) is 5.82 Å². The van der Waals surface area contributed by atoms with Crippen LogP contribution in [0.25, 0.3) is 0 Å². The van der Waals surface area contributed by atoms with E-state index in [1.807, 2.05) is 29.1 Å². The van der Waals surface area contributed by atoms with Crippen LogP contribution in [-0.4, -0.2) is 36.6 Å². The lowest BCUT2D eigenvalue weighted by molar-refractivity contribution is 0.194. The van der Waals surface area contributed by atoms with Crippen molar-refractivity contribution in [3.63, 3.8) is 0 Å². The molecule has 0 unspecified atom stereocenters. The topological polar surface area (TPSA) is 59.7 Å². The minimum absolute atomic E-state index is 0.114. The van der Waals surface area contributed by atoms with Crippen LogP contribution in [-0.2, 0) is 12.1 Å². The second-order valence-electron chi connectivity index (χ2n) is 7.32. The molecule has 6 nitrogen and oxygen atoms in total. The van der Waals surface area contributed by atoms with Crippen molar-refractivity contribution in [2.75, 3.05) is 6.54 Å². The van der Waals surface area contributed by atoms with E-state index in [2.05, 4.69) is 83.4 Å². The van der Waals surface area contributed by atoms with Gasteiger partial charge >= 0.3 is 0 Å². The molecule has 3 aromatic rings. The molecule has 0 aliphatic carbocycles. The fraction of sp³-hybridized carbons (Fsp3) is 0.429. The first-order valence-electron chi connectivity index (χ1n) is 9.54. The van der Waals surface area contributed by atoms with Gasteiger partial charge in [0, 0.05) is 12.7 Å². The zero-order chi connectivity index (χ0) is 19.3. The Labute approximate surface area is 161 Å². The van der Waals surface area contributed by atoms with E-state index in [0.29, 0.717) is 0 Å². The van der Waals surface area contributed by atoms with Gasteiger partial charge in [-0.25, -0.2) is 4.68 Å². The third kappa shape index (κ3) is 4.22. The summed E-state index contributed by atoms with van der Waals surface area (Å²) in [7, 11) is 0. The maximum atomic E-state index is 4.64. The first-order valence-corrected chi connectivity index (χ1v) is 9.54. The lowest BCUT2D eigenvalue weighted by Gasteiger charge is -2.32. The first kappa shape index (κ1) is 19.2. The van der Waals surface area contributed by atoms with E-state index in [-0.39, 0.29) is 11.6 Å². The van der Waals surface area contributed by atoms with E-state index in [0.717, 1.165) is 31.0 Å². The molecule has 3 rings (SSSR count). The van der Waals surface area contributed by atoms with Crippen molar-refractivity contribution in [1.29, 1.82) is 0 Å². The summed E-state index contributed by atoms with van der Waals surface area (Å²) in [6, 6.07) is 16.4. The molecule has 2 heterocycles. The van der Waals surface area contributed by atoms with E-state index < -0.39 is 0 Å². The molecule has 1 atom stereocenters. The molecule has 0 N–H and O–H groups in total. The van der Waals surface area contributed by atoms with Crippen molar-refractivity contribution in [2.45, 2.75) is 52.2 Å². The van der Waals surface area contributed by atoms with Crippen LogP contribution in [0, 0.1) is 0 Å². The van der Waals surface area contributed by atoms with Crippen molar-refractivity contribution < 1.29 is 0 Å². The third-order valence-electron chi connectivity index (χ3n) is 5.14. The summed E-state index contributed by atoms with van der Waals surface area (Å²) in [5, 5.41) is 12.8. The minimum Gasteiger partial charge on any atom is -0.284 e. The average Bonchev–Trinajstić information content (AvgIpc) is 3.19. The molecule has 0 saturated heterocycles. The number of hydrogen-bond acceptors (Lipinski definition) is 5. The normalized spacial score (nSPS) is 13.1. The maximum absolute atomic E-state index is 4.64. The summed E-state index contributed by atoms with van der Waals surface area (Å²) >= 11 is 0. The van der Waals surface area contributed by atoms with Gasteiger partial charge in [-0.05, 0) is 54.9 Å². The Hall–Kier alpha value is -2.60. The molecule has 0 fully saturated rings. The Morgan fingerprint density at radius 3 is 2.41 bits per heavy atom. The summed E-state index contributed by atoms with van der Waals surface area (Å²) in [5.74, 6) is 0.832. The second kappa shape index (κ2) is 8.39. The molecule has 142 valence electrons. The van der Waals surface area contributed by atoms with Gasteiger partial charge < -0.3 is 0 Å². The fourth-order valence-electron chi connectivity index (χ4n) is 3.17. The van der Waals surface area contributed by atoms with Gasteiger partial charge in [-0.3, -0.25) is 9.88 Å². The van der Waals surface area contributed by atoms with Crippen LogP contribution in [0.2, 0.25) is 0 Å². The SMILES string of the molecule is CCN(Cc1ccccc1)[C@H](c1ccccn1)c1nnnn1C(C)(C)CC. The maximum Gasteiger partial charge on any atom is 0.175 e. The van der Waals surface area contributed by atoms with Gasteiger partial charge in [-0.1, -0.05) is 50.2 Å². The Morgan fingerprint density at radius 1 is 1.04 bits per heavy atom. The summed E-state index contributed by atoms with van der Waals surface area (Å²) in [5.41, 5.74) is 2.05. The van der Waals surface area contributed by atoms with E-state index in [9.17, 15) is 0 Å². The molecule has 0 saturated carbocycles. The van der Waals surface area contributed by atoms with Crippen molar-refractivity contribution in [2.24, 2.45) is 0 Å². The average molecular weight is 364 g/mol. The van der Waals surface area contributed by atoms with Crippen LogP contribution in [0.4, 0.5) is 0 Å². The summed E-state index contributed by atoms with van der Waals surface area (Å²) < 4.78 is 1.96. The number of rotatable bonds is 8. The second-order valence-corrected chi connectivity index (χ2v) is 7.32. The van der Waals surface area contributed by atoms with Gasteiger partial charge in [-0.15, -0.1) is 5.10 Å². The van der Waals surface area contributed by atoms with Gasteiger partial charge in [-0.2, -0.15) is 0 Å². The molecule has 0 radical (unpaired) electrons. The van der Waals surface area contributed by atoms with Crippen LogP contribution >= 0.6 is 0 Å². The van der Waals surface area contributed by atoms with Gasteiger partial charge in [0.25, 0.3) is 0 Å². The number of tetrazole rings is 1. The zero-order valence-electron chi connectivity index (χ0n) is 16.6. The Balaban J connectivity index is 2.06. The van der Waals surface area contributed by atoms with Crippen LogP contribution in [0.15, 0.2) is 54.7 Å². The van der Waals surface area contributed by atoms with E-state index in [1.165, 1.54) is 5.56 Å². The molecule has 27 heavy (non-hydrogen) atoms. The van der Waals surface area contributed by atoms with Crippen molar-refractivity contribution in [1.82, 2.24) is 30.1 Å². The Morgan fingerprint density at radius 2 is 1.78 bits per heavy atom. The third-order valence-corrected chi connectivity index (χ3v) is 5.14. The number of benzene rings is 1. The summed E-state index contributed by atoms with van der Waals surface area (Å²) in [4.78, 5) is 7.01. The highest BCUT2D eigenvalue weighted by Gasteiger charge is 2.32. The lowest BCUT2D eigenvalue weighted by Crippen LogP contribution is -2.36. The molecule has 0 spiro atoms. The monoisotopic (exact) mass is 364 g/mol. The zero-order valence-corrected chi connectivity index (χ0v) is 16.6. The highest BCUT2D eigenvalue weighted by atomic mass is 15.6. The lowest BCUT2D eigenvalue weighted by atomic mass is 10.0. The van der Waals surface area contributed by atoms with E-state index in [4.69, 9.17) is 0 Å². The summed E-state index contributed by atoms with van der Waals surface area (Å²) in [6.45, 7) is 10.3. The largest absolute Gasteiger partial charge is 0.284 e.